The highest BCUT2D eigenvalue weighted by Gasteiger charge is 2.15. The summed E-state index contributed by atoms with van der Waals surface area (Å²) in [4.78, 5) is 19.5. The lowest BCUT2D eigenvalue weighted by atomic mass is 10.1. The third-order valence-electron chi connectivity index (χ3n) is 3.27. The number of aryl methyl sites for hydroxylation is 2. The Hall–Kier alpha value is -0.940. The van der Waals surface area contributed by atoms with Crippen molar-refractivity contribution in [3.05, 3.63) is 15.6 Å². The van der Waals surface area contributed by atoms with Gasteiger partial charge < -0.3 is 10.2 Å². The first kappa shape index (κ1) is 13.5. The Balaban J connectivity index is 1.74. The highest BCUT2D eigenvalue weighted by atomic mass is 32.1. The van der Waals surface area contributed by atoms with E-state index in [1.54, 1.807) is 11.3 Å². The minimum Gasteiger partial charge on any atom is -0.342 e. The molecule has 0 atom stereocenters. The molecule has 18 heavy (non-hydrogen) atoms. The predicted octanol–water partition coefficient (Wildman–Crippen LogP) is 1.86. The Kier molecular flexibility index (Phi) is 4.72. The summed E-state index contributed by atoms with van der Waals surface area (Å²) >= 11 is 1.70. The largest absolute Gasteiger partial charge is 0.342 e. The molecule has 0 radical (unpaired) electrons. The minimum absolute atomic E-state index is 0.230. The number of rotatable bonds is 4. The summed E-state index contributed by atoms with van der Waals surface area (Å²) in [6.45, 7) is 7.08. The standard InChI is InChI=1S/C13H21N3OS/c1-10-12(18-11(2)15-10)8-14-9-13(17)16-6-4-3-5-7-16/h14H,3-9H2,1-2H3. The highest BCUT2D eigenvalue weighted by molar-refractivity contribution is 7.11. The fourth-order valence-corrected chi connectivity index (χ4v) is 3.18. The van der Waals surface area contributed by atoms with Crippen molar-refractivity contribution in [2.45, 2.75) is 39.7 Å². The maximum absolute atomic E-state index is 11.9. The molecular weight excluding hydrogens is 246 g/mol. The fourth-order valence-electron chi connectivity index (χ4n) is 2.28. The summed E-state index contributed by atoms with van der Waals surface area (Å²) in [7, 11) is 0. The lowest BCUT2D eigenvalue weighted by Crippen LogP contribution is -2.40. The second-order valence-corrected chi connectivity index (χ2v) is 6.07. The van der Waals surface area contributed by atoms with Crippen LogP contribution in [0.1, 0.15) is 34.8 Å². The number of carbonyl (C=O) groups excluding carboxylic acids is 1. The smallest absolute Gasteiger partial charge is 0.236 e. The van der Waals surface area contributed by atoms with Crippen LogP contribution in [0.5, 0.6) is 0 Å². The third kappa shape index (κ3) is 3.53. The number of nitrogens with one attached hydrogen (secondary N) is 1. The van der Waals surface area contributed by atoms with E-state index < -0.39 is 0 Å². The van der Waals surface area contributed by atoms with E-state index in [0.29, 0.717) is 6.54 Å². The molecule has 0 spiro atoms. The van der Waals surface area contributed by atoms with Crippen molar-refractivity contribution in [2.75, 3.05) is 19.6 Å². The molecule has 100 valence electrons. The summed E-state index contributed by atoms with van der Waals surface area (Å²) in [6.07, 6.45) is 3.56. The molecule has 0 unspecified atom stereocenters. The van der Waals surface area contributed by atoms with Crippen LogP contribution in [0.4, 0.5) is 0 Å². The van der Waals surface area contributed by atoms with E-state index in [2.05, 4.69) is 10.3 Å². The second kappa shape index (κ2) is 6.29. The molecule has 0 aromatic carbocycles. The van der Waals surface area contributed by atoms with E-state index in [9.17, 15) is 4.79 Å². The first-order valence-corrected chi connectivity index (χ1v) is 7.40. The van der Waals surface area contributed by atoms with Crippen LogP contribution in [-0.2, 0) is 11.3 Å². The zero-order chi connectivity index (χ0) is 13.0. The predicted molar refractivity (Wildman–Crippen MR) is 73.7 cm³/mol. The van der Waals surface area contributed by atoms with Crippen molar-refractivity contribution in [3.8, 4) is 0 Å². The van der Waals surface area contributed by atoms with Crippen LogP contribution in [0.2, 0.25) is 0 Å². The van der Waals surface area contributed by atoms with E-state index in [1.165, 1.54) is 11.3 Å². The van der Waals surface area contributed by atoms with Gasteiger partial charge in [0, 0.05) is 24.5 Å². The van der Waals surface area contributed by atoms with Crippen LogP contribution in [-0.4, -0.2) is 35.4 Å². The van der Waals surface area contributed by atoms with E-state index in [-0.39, 0.29) is 5.91 Å². The molecule has 2 rings (SSSR count). The molecule has 1 fully saturated rings. The van der Waals surface area contributed by atoms with Gasteiger partial charge in [-0.1, -0.05) is 0 Å². The Morgan fingerprint density at radius 1 is 1.33 bits per heavy atom. The second-order valence-electron chi connectivity index (χ2n) is 4.79. The zero-order valence-corrected chi connectivity index (χ0v) is 12.0. The normalized spacial score (nSPS) is 16.0. The quantitative estimate of drug-likeness (QED) is 0.905. The topological polar surface area (TPSA) is 45.2 Å². The minimum atomic E-state index is 0.230. The molecule has 0 saturated carbocycles. The van der Waals surface area contributed by atoms with Gasteiger partial charge in [0.2, 0.25) is 5.91 Å². The lowest BCUT2D eigenvalue weighted by Gasteiger charge is -2.26. The molecule has 1 aromatic rings. The zero-order valence-electron chi connectivity index (χ0n) is 11.2. The maximum Gasteiger partial charge on any atom is 0.236 e. The molecular formula is C13H21N3OS. The molecule has 0 bridgehead atoms. The Morgan fingerprint density at radius 3 is 2.67 bits per heavy atom. The molecule has 5 heteroatoms. The van der Waals surface area contributed by atoms with Crippen molar-refractivity contribution in [1.29, 1.82) is 0 Å². The van der Waals surface area contributed by atoms with Gasteiger partial charge in [-0.05, 0) is 33.1 Å². The fraction of sp³-hybridized carbons (Fsp3) is 0.692. The number of hydrogen-bond acceptors (Lipinski definition) is 4. The molecule has 1 saturated heterocycles. The number of piperidine rings is 1. The van der Waals surface area contributed by atoms with Gasteiger partial charge in [0.05, 0.1) is 17.2 Å². The van der Waals surface area contributed by atoms with Gasteiger partial charge in [0.15, 0.2) is 0 Å². The summed E-state index contributed by atoms with van der Waals surface area (Å²) in [5.41, 5.74) is 1.08. The molecule has 1 aromatic heterocycles. The Labute approximate surface area is 112 Å². The first-order valence-electron chi connectivity index (χ1n) is 6.58. The van der Waals surface area contributed by atoms with E-state index >= 15 is 0 Å². The van der Waals surface area contributed by atoms with Gasteiger partial charge in [-0.15, -0.1) is 11.3 Å². The summed E-state index contributed by atoms with van der Waals surface area (Å²) < 4.78 is 0. The van der Waals surface area contributed by atoms with Gasteiger partial charge >= 0.3 is 0 Å². The molecule has 2 heterocycles. The highest BCUT2D eigenvalue weighted by Crippen LogP contribution is 2.16. The molecule has 1 aliphatic heterocycles. The number of nitrogens with zero attached hydrogens (tertiary/aromatic N) is 2. The van der Waals surface area contributed by atoms with E-state index in [0.717, 1.165) is 43.2 Å². The summed E-state index contributed by atoms with van der Waals surface area (Å²) in [5.74, 6) is 0.230. The van der Waals surface area contributed by atoms with Crippen LogP contribution in [0, 0.1) is 13.8 Å². The molecule has 0 aliphatic carbocycles. The molecule has 4 nitrogen and oxygen atoms in total. The summed E-state index contributed by atoms with van der Waals surface area (Å²) in [5, 5.41) is 4.32. The van der Waals surface area contributed by atoms with Crippen LogP contribution in [0.25, 0.3) is 0 Å². The van der Waals surface area contributed by atoms with Gasteiger partial charge in [-0.3, -0.25) is 4.79 Å². The third-order valence-corrected chi connectivity index (χ3v) is 4.34. The maximum atomic E-state index is 11.9. The number of likely N-dealkylation sites (tertiary alicyclic amines) is 1. The molecule has 1 aliphatic rings. The van der Waals surface area contributed by atoms with Crippen molar-refractivity contribution < 1.29 is 4.79 Å². The number of aromatic nitrogens is 1. The van der Waals surface area contributed by atoms with Crippen LogP contribution >= 0.6 is 11.3 Å². The van der Waals surface area contributed by atoms with Gasteiger partial charge in [-0.25, -0.2) is 4.98 Å². The number of carbonyl (C=O) groups is 1. The molecule has 1 amide bonds. The van der Waals surface area contributed by atoms with Crippen LogP contribution in [0.3, 0.4) is 0 Å². The average Bonchev–Trinajstić information content (AvgIpc) is 2.69. The monoisotopic (exact) mass is 267 g/mol. The van der Waals surface area contributed by atoms with Crippen molar-refractivity contribution in [1.82, 2.24) is 15.2 Å². The number of amides is 1. The average molecular weight is 267 g/mol. The van der Waals surface area contributed by atoms with E-state index in [1.807, 2.05) is 18.7 Å². The van der Waals surface area contributed by atoms with Crippen LogP contribution in [0.15, 0.2) is 0 Å². The van der Waals surface area contributed by atoms with Gasteiger partial charge in [-0.2, -0.15) is 0 Å². The number of hydrogen-bond donors (Lipinski definition) is 1. The lowest BCUT2D eigenvalue weighted by molar-refractivity contribution is -0.131. The van der Waals surface area contributed by atoms with E-state index in [4.69, 9.17) is 0 Å². The van der Waals surface area contributed by atoms with Crippen molar-refractivity contribution in [2.24, 2.45) is 0 Å². The van der Waals surface area contributed by atoms with Crippen molar-refractivity contribution in [3.63, 3.8) is 0 Å². The van der Waals surface area contributed by atoms with Gasteiger partial charge in [0.1, 0.15) is 0 Å². The van der Waals surface area contributed by atoms with Gasteiger partial charge in [0.25, 0.3) is 0 Å². The Morgan fingerprint density at radius 2 is 2.06 bits per heavy atom. The molecule has 1 N–H and O–H groups in total. The first-order chi connectivity index (χ1) is 8.66. The Bertz CT molecular complexity index is 410. The summed E-state index contributed by atoms with van der Waals surface area (Å²) in [6, 6.07) is 0. The van der Waals surface area contributed by atoms with Crippen LogP contribution < -0.4 is 5.32 Å². The van der Waals surface area contributed by atoms with Crippen molar-refractivity contribution >= 4 is 17.2 Å². The SMILES string of the molecule is Cc1nc(C)c(CNCC(=O)N2CCCCC2)s1. The number of thiazole rings is 1.